The third-order valence-corrected chi connectivity index (χ3v) is 14.7. The van der Waals surface area contributed by atoms with Gasteiger partial charge in [-0.05, 0) is 127 Å². The lowest BCUT2D eigenvalue weighted by Crippen LogP contribution is -2.10. The van der Waals surface area contributed by atoms with Crippen LogP contribution in [0.2, 0.25) is 0 Å². The van der Waals surface area contributed by atoms with Crippen LogP contribution in [0.4, 0.5) is 11.4 Å². The minimum Gasteiger partial charge on any atom is -0.507 e. The molecule has 0 unspecified atom stereocenters. The van der Waals surface area contributed by atoms with Gasteiger partial charge in [0.1, 0.15) is 32.8 Å². The summed E-state index contributed by atoms with van der Waals surface area (Å²) in [6.45, 7) is 7.53. The molecular formula is C51H42N4O10S2+2. The zero-order chi connectivity index (χ0) is 47.9. The molecule has 14 nitrogen and oxygen atoms in total. The summed E-state index contributed by atoms with van der Waals surface area (Å²) in [5.41, 5.74) is 7.75. The average molecular weight is 935 g/mol. The van der Waals surface area contributed by atoms with Crippen LogP contribution in [0.1, 0.15) is 55.6 Å². The van der Waals surface area contributed by atoms with E-state index in [2.05, 4.69) is 9.95 Å². The van der Waals surface area contributed by atoms with Crippen molar-refractivity contribution in [2.24, 2.45) is 0 Å². The number of hydrogen-bond acceptors (Lipinski definition) is 12. The Bertz CT molecular complexity index is 3400. The summed E-state index contributed by atoms with van der Waals surface area (Å²) in [6.07, 6.45) is 1.14. The first-order valence-electron chi connectivity index (χ1n) is 20.8. The Morgan fingerprint density at radius 2 is 0.836 bits per heavy atom. The Balaban J connectivity index is 0.991. The fourth-order valence-corrected chi connectivity index (χ4v) is 10.7. The smallest absolute Gasteiger partial charge is 0.426 e. The van der Waals surface area contributed by atoms with Crippen molar-refractivity contribution in [1.82, 2.24) is 0 Å². The van der Waals surface area contributed by atoms with Crippen molar-refractivity contribution in [3.63, 3.8) is 0 Å². The molecule has 0 aliphatic heterocycles. The van der Waals surface area contributed by atoms with E-state index in [-0.39, 0.29) is 77.2 Å². The molecule has 67 heavy (non-hydrogen) atoms. The largest absolute Gasteiger partial charge is 0.507 e. The van der Waals surface area contributed by atoms with Gasteiger partial charge in [-0.1, -0.05) is 60.7 Å². The van der Waals surface area contributed by atoms with Crippen molar-refractivity contribution in [3.05, 3.63) is 187 Å². The van der Waals surface area contributed by atoms with E-state index in [1.165, 1.54) is 84.9 Å². The maximum absolute atomic E-state index is 13.4. The number of nitrogens with zero attached hydrogens (tertiary/aromatic N) is 4. The standard InChI is InChI=1S/C51H40N4O10S2/c1-28-23-34(30(3)42(48(28)56)25-32-11-15-36(16-12-32)64-66(60,61)46-9-5-7-40-38(46)19-21-44(54-52)50(40)58)27-35-24-29(2)49(57)43(31(35)4)26-33-13-17-37(18-14-33)65-67(62,63)47-10-6-8-41-39(47)20-22-45(55-53)51(41)59/h5-24H,25-27H2,1-4H3,(H2-2,56,57,58,59)/p+2. The van der Waals surface area contributed by atoms with Crippen molar-refractivity contribution in [2.75, 3.05) is 0 Å². The summed E-state index contributed by atoms with van der Waals surface area (Å²) < 4.78 is 64.7. The third-order valence-electron chi connectivity index (χ3n) is 12.1. The Morgan fingerprint density at radius 1 is 0.463 bits per heavy atom. The minimum atomic E-state index is -4.36. The second-order valence-electron chi connectivity index (χ2n) is 16.3. The quantitative estimate of drug-likeness (QED) is 0.0663. The van der Waals surface area contributed by atoms with Gasteiger partial charge in [-0.2, -0.15) is 16.8 Å². The van der Waals surface area contributed by atoms with Gasteiger partial charge in [0.05, 0.1) is 0 Å². The number of benzene rings is 8. The predicted molar refractivity (Wildman–Crippen MR) is 253 cm³/mol. The van der Waals surface area contributed by atoms with Crippen LogP contribution in [-0.2, 0) is 39.5 Å². The van der Waals surface area contributed by atoms with Gasteiger partial charge in [0.15, 0.2) is 9.95 Å². The lowest BCUT2D eigenvalue weighted by atomic mass is 9.87. The normalized spacial score (nSPS) is 11.6. The van der Waals surface area contributed by atoms with E-state index < -0.39 is 20.2 Å². The Morgan fingerprint density at radius 3 is 1.19 bits per heavy atom. The first-order chi connectivity index (χ1) is 31.9. The highest BCUT2D eigenvalue weighted by molar-refractivity contribution is 7.87. The van der Waals surface area contributed by atoms with E-state index in [0.717, 1.165) is 33.4 Å². The van der Waals surface area contributed by atoms with Gasteiger partial charge in [-0.15, -0.1) is 0 Å². The van der Waals surface area contributed by atoms with Crippen LogP contribution >= 0.6 is 0 Å². The number of hydrogen-bond donors (Lipinski definition) is 4. The van der Waals surface area contributed by atoms with E-state index >= 15 is 0 Å². The maximum Gasteiger partial charge on any atom is 0.426 e. The molecule has 0 saturated heterocycles. The van der Waals surface area contributed by atoms with Crippen LogP contribution < -0.4 is 8.37 Å². The number of rotatable bonds is 12. The highest BCUT2D eigenvalue weighted by atomic mass is 32.2. The first kappa shape index (κ1) is 45.4. The molecule has 0 atom stereocenters. The molecule has 0 aliphatic carbocycles. The van der Waals surface area contributed by atoms with Gasteiger partial charge in [0.2, 0.25) is 22.3 Å². The highest BCUT2D eigenvalue weighted by Gasteiger charge is 2.27. The lowest BCUT2D eigenvalue weighted by molar-refractivity contribution is 0.464. The molecule has 8 aromatic rings. The Labute approximate surface area is 386 Å². The van der Waals surface area contributed by atoms with E-state index in [0.29, 0.717) is 41.5 Å². The van der Waals surface area contributed by atoms with E-state index in [1.54, 1.807) is 24.3 Å². The summed E-state index contributed by atoms with van der Waals surface area (Å²) in [4.78, 5) is 5.70. The monoisotopic (exact) mass is 934 g/mol. The predicted octanol–water partition coefficient (Wildman–Crippen LogP) is 11.3. The first-order valence-corrected chi connectivity index (χ1v) is 23.6. The van der Waals surface area contributed by atoms with Crippen molar-refractivity contribution < 1.29 is 45.6 Å². The molecule has 16 heteroatoms. The van der Waals surface area contributed by atoms with Crippen LogP contribution in [0.15, 0.2) is 131 Å². The fraction of sp³-hybridized carbons (Fsp3) is 0.137. The van der Waals surface area contributed by atoms with Crippen molar-refractivity contribution in [3.8, 4) is 34.5 Å². The van der Waals surface area contributed by atoms with Crippen LogP contribution in [0.3, 0.4) is 0 Å². The van der Waals surface area contributed by atoms with Crippen LogP contribution in [0.25, 0.3) is 31.5 Å². The summed E-state index contributed by atoms with van der Waals surface area (Å²) in [5.74, 6) is -0.347. The molecule has 0 aromatic heterocycles. The average Bonchev–Trinajstić information content (AvgIpc) is 3.31. The molecule has 0 saturated carbocycles. The Hall–Kier alpha value is -8.18. The second kappa shape index (κ2) is 17.7. The van der Waals surface area contributed by atoms with E-state index in [4.69, 9.17) is 19.2 Å². The molecule has 8 rings (SSSR count). The van der Waals surface area contributed by atoms with E-state index in [9.17, 15) is 37.3 Å². The third kappa shape index (κ3) is 8.71. The van der Waals surface area contributed by atoms with Crippen molar-refractivity contribution in [1.29, 1.82) is 10.8 Å². The molecule has 336 valence electrons. The van der Waals surface area contributed by atoms with Crippen molar-refractivity contribution in [2.45, 2.75) is 56.7 Å². The van der Waals surface area contributed by atoms with Crippen molar-refractivity contribution >= 4 is 53.2 Å². The number of phenols is 4. The topological polar surface area (TPSA) is 224 Å². The van der Waals surface area contributed by atoms with Gasteiger partial charge < -0.3 is 28.8 Å². The van der Waals surface area contributed by atoms with Crippen LogP contribution in [0.5, 0.6) is 34.5 Å². The Kier molecular flexibility index (Phi) is 12.0. The minimum absolute atomic E-state index is 0.0554. The highest BCUT2D eigenvalue weighted by Crippen LogP contribution is 2.40. The maximum atomic E-state index is 13.4. The van der Waals surface area contributed by atoms with Crippen LogP contribution in [-0.4, -0.2) is 37.3 Å². The zero-order valence-corrected chi connectivity index (χ0v) is 38.1. The molecule has 0 spiro atoms. The summed E-state index contributed by atoms with van der Waals surface area (Å²) in [7, 11) is -8.71. The SMILES string of the molecule is Cc1cc(Cc2cc(C)c(O)c(Cc3ccc(OS(=O)(=O)c4cccc5c(O)c([N+]#N)ccc45)cc3)c2C)c(C)c(Cc2ccc(OS(=O)(=O)c3cccc4c(O)c([N+]#N)ccc34)cc2)c1O. The molecule has 0 bridgehead atoms. The number of diazo groups is 2. The number of fused-ring (bicyclic) bond motifs is 2. The molecule has 0 amide bonds. The molecular weight excluding hydrogens is 893 g/mol. The number of aromatic hydroxyl groups is 4. The van der Waals surface area contributed by atoms with Crippen LogP contribution in [0, 0.1) is 38.5 Å². The lowest BCUT2D eigenvalue weighted by Gasteiger charge is -2.20. The molecule has 8 aromatic carbocycles. The van der Waals surface area contributed by atoms with Gasteiger partial charge in [-0.3, -0.25) is 0 Å². The van der Waals surface area contributed by atoms with Gasteiger partial charge in [0, 0.05) is 57.6 Å². The fourth-order valence-electron chi connectivity index (χ4n) is 8.38. The van der Waals surface area contributed by atoms with Gasteiger partial charge in [-0.25, -0.2) is 0 Å². The molecule has 0 fully saturated rings. The van der Waals surface area contributed by atoms with E-state index in [1.807, 2.05) is 39.8 Å². The molecule has 0 aliphatic rings. The molecule has 4 N–H and O–H groups in total. The van der Waals surface area contributed by atoms with Gasteiger partial charge >= 0.3 is 31.6 Å². The summed E-state index contributed by atoms with van der Waals surface area (Å²) in [5, 5.41) is 62.6. The summed E-state index contributed by atoms with van der Waals surface area (Å²) >= 11 is 0. The second-order valence-corrected chi connectivity index (χ2v) is 19.3. The van der Waals surface area contributed by atoms with Gasteiger partial charge in [0.25, 0.3) is 0 Å². The summed E-state index contributed by atoms with van der Waals surface area (Å²) in [6, 6.07) is 30.9. The molecule has 0 heterocycles. The molecule has 0 radical (unpaired) electrons. The zero-order valence-electron chi connectivity index (χ0n) is 36.5. The number of phenolic OH excluding ortho intramolecular Hbond substituents is 4. The number of aryl methyl sites for hydroxylation is 2.